The Labute approximate surface area is 164 Å². The molecule has 1 N–H and O–H groups in total. The van der Waals surface area contributed by atoms with E-state index in [4.69, 9.17) is 0 Å². The van der Waals surface area contributed by atoms with Gasteiger partial charge in [-0.2, -0.15) is 0 Å². The predicted molar refractivity (Wildman–Crippen MR) is 94.9 cm³/mol. The monoisotopic (exact) mass is 461 g/mol. The molecule has 2 aromatic rings. The number of anilines is 1. The first-order chi connectivity index (χ1) is 11.0. The second-order valence-electron chi connectivity index (χ2n) is 6.26. The van der Waals surface area contributed by atoms with Crippen LogP contribution in [0.4, 0.5) is 16.5 Å². The van der Waals surface area contributed by atoms with Crippen molar-refractivity contribution in [3.05, 3.63) is 35.8 Å². The van der Waals surface area contributed by atoms with Crippen molar-refractivity contribution in [1.29, 1.82) is 0 Å². The van der Waals surface area contributed by atoms with Crippen molar-refractivity contribution in [3.63, 3.8) is 0 Å². The topological polar surface area (TPSA) is 61.1 Å². The van der Waals surface area contributed by atoms with E-state index in [0.29, 0.717) is 11.7 Å². The van der Waals surface area contributed by atoms with Crippen molar-refractivity contribution in [1.82, 2.24) is 4.98 Å². The van der Waals surface area contributed by atoms with Gasteiger partial charge in [-0.3, -0.25) is 0 Å². The van der Waals surface area contributed by atoms with Crippen LogP contribution in [0.2, 0.25) is 0 Å². The van der Waals surface area contributed by atoms with E-state index in [1.54, 1.807) is 6.20 Å². The van der Waals surface area contributed by atoms with Crippen LogP contribution in [0.1, 0.15) is 0 Å². The highest BCUT2D eigenvalue weighted by atomic mass is 127. The fourth-order valence-electron chi connectivity index (χ4n) is 2.01. The fraction of sp³-hybridized carbons (Fsp3) is 0.438. The molecule has 0 aliphatic heterocycles. The van der Waals surface area contributed by atoms with Crippen LogP contribution in [0, 0.1) is 0 Å². The van der Waals surface area contributed by atoms with Gasteiger partial charge in [0.05, 0.1) is 46.5 Å². The Bertz CT molecular complexity index is 610. The molecule has 0 aliphatic rings. The van der Waals surface area contributed by atoms with Gasteiger partial charge in [0.15, 0.2) is 0 Å². The third kappa shape index (κ3) is 7.20. The first-order valence-electron chi connectivity index (χ1n) is 7.55. The molecule has 0 fully saturated rings. The number of hydrogen-bond acceptors (Lipinski definition) is 6. The zero-order chi connectivity index (χ0) is 16.7. The summed E-state index contributed by atoms with van der Waals surface area (Å²) in [6, 6.07) is 7.90. The molecule has 2 rings (SSSR count). The van der Waals surface area contributed by atoms with Crippen LogP contribution in [-0.2, 0) is 0 Å². The van der Waals surface area contributed by atoms with Gasteiger partial charge in [0.25, 0.3) is 0 Å². The maximum Gasteiger partial charge on any atom is 0.229 e. The van der Waals surface area contributed by atoms with Gasteiger partial charge >= 0.3 is 0 Å². The summed E-state index contributed by atoms with van der Waals surface area (Å²) in [6.45, 7) is 2.66. The van der Waals surface area contributed by atoms with Crippen LogP contribution < -0.4 is 28.9 Å². The normalized spacial score (nSPS) is 11.5. The first kappa shape index (κ1) is 20.9. The number of azo groups is 1. The van der Waals surface area contributed by atoms with Gasteiger partial charge in [-0.25, -0.2) is 4.98 Å². The molecular formula is C16H24IN5OS. The van der Waals surface area contributed by atoms with Crippen LogP contribution in [-0.4, -0.2) is 62.0 Å². The maximum atomic E-state index is 9.29. The number of halogens is 1. The molecule has 0 amide bonds. The molecule has 132 valence electrons. The number of likely N-dealkylation sites (N-methyl/N-ethyl adjacent to an activating group) is 1. The Morgan fingerprint density at radius 3 is 2.38 bits per heavy atom. The molecule has 0 saturated heterocycles. The highest BCUT2D eigenvalue weighted by Gasteiger charge is 2.12. The molecule has 8 heteroatoms. The number of nitrogens with zero attached hydrogens (tertiary/aromatic N) is 5. The second kappa shape index (κ2) is 10.0. The zero-order valence-electron chi connectivity index (χ0n) is 14.3. The Hall–Kier alpha value is -1.10. The van der Waals surface area contributed by atoms with E-state index in [0.717, 1.165) is 28.9 Å². The van der Waals surface area contributed by atoms with Gasteiger partial charge in [-0.1, -0.05) is 0 Å². The number of hydrogen-bond donors (Lipinski definition) is 1. The average molecular weight is 461 g/mol. The molecular weight excluding hydrogens is 437 g/mol. The number of aliphatic hydroxyl groups excluding tert-OH is 1. The van der Waals surface area contributed by atoms with Crippen molar-refractivity contribution in [2.45, 2.75) is 0 Å². The SMILES string of the molecule is C[N+](C)(C)CCN(CCO)c1ccc(N=Nc2nccs2)cc1.[I-]. The second-order valence-corrected chi connectivity index (χ2v) is 7.13. The van der Waals surface area contributed by atoms with E-state index in [-0.39, 0.29) is 30.6 Å². The minimum Gasteiger partial charge on any atom is -1.00 e. The van der Waals surface area contributed by atoms with Crippen molar-refractivity contribution < 1.29 is 33.6 Å². The summed E-state index contributed by atoms with van der Waals surface area (Å²) in [4.78, 5) is 6.25. The van der Waals surface area contributed by atoms with E-state index >= 15 is 0 Å². The Balaban J connectivity index is 0.00000288. The summed E-state index contributed by atoms with van der Waals surface area (Å²) in [5, 5.41) is 20.1. The number of aromatic nitrogens is 1. The van der Waals surface area contributed by atoms with Crippen LogP contribution in [0.25, 0.3) is 0 Å². The molecule has 0 bridgehead atoms. The summed E-state index contributed by atoms with van der Waals surface area (Å²) < 4.78 is 0.891. The first-order valence-corrected chi connectivity index (χ1v) is 8.43. The standard InChI is InChI=1S/C16H24N5OS.HI/c1-21(2,3)11-9-20(10-12-22)15-6-4-14(5-7-15)18-19-16-17-8-13-23-16;/h4-8,13,22H,9-12H2,1-3H3;1H/q+1;/p-1. The maximum absolute atomic E-state index is 9.29. The third-order valence-electron chi connectivity index (χ3n) is 3.30. The fourth-order valence-corrected chi connectivity index (χ4v) is 2.46. The number of thiazole rings is 1. The van der Waals surface area contributed by atoms with Crippen molar-refractivity contribution in [2.24, 2.45) is 10.2 Å². The molecule has 0 saturated carbocycles. The van der Waals surface area contributed by atoms with Gasteiger partial charge in [-0.15, -0.1) is 21.6 Å². The lowest BCUT2D eigenvalue weighted by molar-refractivity contribution is -0.868. The van der Waals surface area contributed by atoms with Crippen molar-refractivity contribution in [3.8, 4) is 0 Å². The van der Waals surface area contributed by atoms with Crippen molar-refractivity contribution in [2.75, 3.05) is 52.3 Å². The molecule has 0 atom stereocenters. The lowest BCUT2D eigenvalue weighted by Gasteiger charge is -2.30. The van der Waals surface area contributed by atoms with E-state index in [1.165, 1.54) is 11.3 Å². The molecule has 0 spiro atoms. The third-order valence-corrected chi connectivity index (χ3v) is 3.95. The van der Waals surface area contributed by atoms with Gasteiger partial charge < -0.3 is 38.5 Å². The molecule has 1 aromatic heterocycles. The molecule has 1 aromatic carbocycles. The summed E-state index contributed by atoms with van der Waals surface area (Å²) in [7, 11) is 6.50. The van der Waals surface area contributed by atoms with Crippen LogP contribution >= 0.6 is 11.3 Å². The Morgan fingerprint density at radius 1 is 1.12 bits per heavy atom. The lowest BCUT2D eigenvalue weighted by atomic mass is 10.2. The highest BCUT2D eigenvalue weighted by molar-refractivity contribution is 7.13. The zero-order valence-corrected chi connectivity index (χ0v) is 17.2. The van der Waals surface area contributed by atoms with E-state index in [2.05, 4.69) is 41.3 Å². The van der Waals surface area contributed by atoms with Gasteiger partial charge in [0.2, 0.25) is 5.13 Å². The number of quaternary nitrogens is 1. The minimum atomic E-state index is 0. The number of benzene rings is 1. The summed E-state index contributed by atoms with van der Waals surface area (Å²) in [5.41, 5.74) is 1.88. The molecule has 6 nitrogen and oxygen atoms in total. The Morgan fingerprint density at radius 2 is 1.83 bits per heavy atom. The van der Waals surface area contributed by atoms with E-state index < -0.39 is 0 Å². The molecule has 0 unspecified atom stereocenters. The van der Waals surface area contributed by atoms with E-state index in [1.807, 2.05) is 29.6 Å². The summed E-state index contributed by atoms with van der Waals surface area (Å²) >= 11 is 1.46. The lowest BCUT2D eigenvalue weighted by Crippen LogP contribution is -3.00. The van der Waals surface area contributed by atoms with Gasteiger partial charge in [0, 0.05) is 23.8 Å². The Kier molecular flexibility index (Phi) is 8.74. The summed E-state index contributed by atoms with van der Waals surface area (Å²) in [5.74, 6) is 0. The van der Waals surface area contributed by atoms with Gasteiger partial charge in [-0.05, 0) is 24.3 Å². The smallest absolute Gasteiger partial charge is 0.229 e. The quantitative estimate of drug-likeness (QED) is 0.344. The van der Waals surface area contributed by atoms with Crippen LogP contribution in [0.5, 0.6) is 0 Å². The summed E-state index contributed by atoms with van der Waals surface area (Å²) in [6.07, 6.45) is 1.71. The molecule has 24 heavy (non-hydrogen) atoms. The van der Waals surface area contributed by atoms with E-state index in [9.17, 15) is 5.11 Å². The van der Waals surface area contributed by atoms with Crippen LogP contribution in [0.3, 0.4) is 0 Å². The number of rotatable bonds is 8. The molecule has 1 heterocycles. The highest BCUT2D eigenvalue weighted by Crippen LogP contribution is 2.23. The predicted octanol–water partition coefficient (Wildman–Crippen LogP) is 0.0674. The average Bonchev–Trinajstić information content (AvgIpc) is 3.02. The number of aliphatic hydroxyl groups is 1. The van der Waals surface area contributed by atoms with Crippen LogP contribution in [0.15, 0.2) is 46.1 Å². The molecule has 0 radical (unpaired) electrons. The van der Waals surface area contributed by atoms with Gasteiger partial charge in [0.1, 0.15) is 0 Å². The minimum absolute atomic E-state index is 0. The molecule has 0 aliphatic carbocycles. The van der Waals surface area contributed by atoms with Crippen molar-refractivity contribution >= 4 is 27.8 Å². The largest absolute Gasteiger partial charge is 1.00 e.